The SMILES string of the molecule is CCCc1nnc(N2C[C@H](CCC)[C@@H](C(=O)O)C2)s1. The van der Waals surface area contributed by atoms with Gasteiger partial charge in [0.05, 0.1) is 5.92 Å². The normalized spacial score (nSPS) is 22.9. The van der Waals surface area contributed by atoms with Gasteiger partial charge in [0.15, 0.2) is 0 Å². The first kappa shape index (κ1) is 14.2. The van der Waals surface area contributed by atoms with Gasteiger partial charge in [-0.3, -0.25) is 4.79 Å². The van der Waals surface area contributed by atoms with Gasteiger partial charge in [0.2, 0.25) is 5.13 Å². The van der Waals surface area contributed by atoms with Crippen LogP contribution in [0.5, 0.6) is 0 Å². The molecule has 1 aliphatic heterocycles. The third-order valence-electron chi connectivity index (χ3n) is 3.61. The lowest BCUT2D eigenvalue weighted by atomic mass is 9.92. The molecule has 106 valence electrons. The minimum atomic E-state index is -0.681. The molecule has 0 amide bonds. The summed E-state index contributed by atoms with van der Waals surface area (Å²) in [5.74, 6) is -0.709. The van der Waals surface area contributed by atoms with Crippen molar-refractivity contribution in [3.05, 3.63) is 5.01 Å². The summed E-state index contributed by atoms with van der Waals surface area (Å²) in [6, 6.07) is 0. The second-order valence-electron chi connectivity index (χ2n) is 5.13. The molecule has 0 saturated carbocycles. The average molecular weight is 283 g/mol. The molecular weight excluding hydrogens is 262 g/mol. The zero-order valence-electron chi connectivity index (χ0n) is 11.5. The van der Waals surface area contributed by atoms with Crippen molar-refractivity contribution in [1.29, 1.82) is 0 Å². The predicted molar refractivity (Wildman–Crippen MR) is 75.6 cm³/mol. The van der Waals surface area contributed by atoms with Crippen molar-refractivity contribution in [3.63, 3.8) is 0 Å². The highest BCUT2D eigenvalue weighted by molar-refractivity contribution is 7.15. The van der Waals surface area contributed by atoms with Crippen molar-refractivity contribution in [1.82, 2.24) is 10.2 Å². The van der Waals surface area contributed by atoms with E-state index in [4.69, 9.17) is 0 Å². The van der Waals surface area contributed by atoms with Crippen LogP contribution in [0.1, 0.15) is 38.1 Å². The number of carboxylic acids is 1. The second kappa shape index (κ2) is 6.32. The molecule has 2 heterocycles. The Morgan fingerprint density at radius 2 is 2.16 bits per heavy atom. The van der Waals surface area contributed by atoms with Crippen molar-refractivity contribution in [2.75, 3.05) is 18.0 Å². The predicted octanol–water partition coefficient (Wildman–Crippen LogP) is 2.43. The molecule has 1 N–H and O–H groups in total. The van der Waals surface area contributed by atoms with Crippen LogP contribution in [0.3, 0.4) is 0 Å². The molecule has 0 bridgehead atoms. The maximum absolute atomic E-state index is 11.3. The molecule has 19 heavy (non-hydrogen) atoms. The number of hydrogen-bond acceptors (Lipinski definition) is 5. The van der Waals surface area contributed by atoms with Crippen LogP contribution in [-0.4, -0.2) is 34.4 Å². The van der Waals surface area contributed by atoms with Crippen molar-refractivity contribution in [2.45, 2.75) is 39.5 Å². The van der Waals surface area contributed by atoms with E-state index in [0.29, 0.717) is 6.54 Å². The van der Waals surface area contributed by atoms with Gasteiger partial charge in [0.25, 0.3) is 0 Å². The fourth-order valence-corrected chi connectivity index (χ4v) is 3.62. The van der Waals surface area contributed by atoms with Crippen LogP contribution in [0.2, 0.25) is 0 Å². The summed E-state index contributed by atoms with van der Waals surface area (Å²) in [4.78, 5) is 13.4. The molecule has 2 atom stereocenters. The number of carboxylic acid groups (broad SMARTS) is 1. The van der Waals surface area contributed by atoms with Crippen LogP contribution < -0.4 is 4.90 Å². The zero-order chi connectivity index (χ0) is 13.8. The highest BCUT2D eigenvalue weighted by Gasteiger charge is 2.38. The molecule has 0 radical (unpaired) electrons. The Morgan fingerprint density at radius 3 is 2.79 bits per heavy atom. The number of carbonyl (C=O) groups is 1. The monoisotopic (exact) mass is 283 g/mol. The molecule has 1 saturated heterocycles. The fraction of sp³-hybridized carbons (Fsp3) is 0.769. The fourth-order valence-electron chi connectivity index (χ4n) is 2.66. The highest BCUT2D eigenvalue weighted by atomic mass is 32.1. The largest absolute Gasteiger partial charge is 0.481 e. The van der Waals surface area contributed by atoms with Crippen LogP contribution in [0.4, 0.5) is 5.13 Å². The van der Waals surface area contributed by atoms with E-state index in [-0.39, 0.29) is 11.8 Å². The molecule has 1 fully saturated rings. The van der Waals surface area contributed by atoms with Crippen LogP contribution in [0.25, 0.3) is 0 Å². The summed E-state index contributed by atoms with van der Waals surface area (Å²) in [6.45, 7) is 5.59. The van der Waals surface area contributed by atoms with E-state index in [1.807, 2.05) is 0 Å². The molecule has 1 aromatic rings. The minimum absolute atomic E-state index is 0.237. The lowest BCUT2D eigenvalue weighted by Gasteiger charge is -2.13. The Morgan fingerprint density at radius 1 is 1.37 bits per heavy atom. The number of rotatable bonds is 6. The van der Waals surface area contributed by atoms with Crippen LogP contribution in [-0.2, 0) is 11.2 Å². The van der Waals surface area contributed by atoms with Gasteiger partial charge in [-0.1, -0.05) is 31.6 Å². The van der Waals surface area contributed by atoms with E-state index in [0.717, 1.165) is 42.4 Å². The minimum Gasteiger partial charge on any atom is -0.481 e. The van der Waals surface area contributed by atoms with Gasteiger partial charge in [-0.05, 0) is 18.8 Å². The van der Waals surface area contributed by atoms with Crippen LogP contribution >= 0.6 is 11.3 Å². The van der Waals surface area contributed by atoms with Crippen molar-refractivity contribution in [3.8, 4) is 0 Å². The lowest BCUT2D eigenvalue weighted by molar-refractivity contribution is -0.142. The van der Waals surface area contributed by atoms with E-state index in [1.165, 1.54) is 0 Å². The number of aliphatic carboxylic acids is 1. The van der Waals surface area contributed by atoms with Gasteiger partial charge in [-0.25, -0.2) is 0 Å². The van der Waals surface area contributed by atoms with Gasteiger partial charge in [0.1, 0.15) is 5.01 Å². The first-order valence-corrected chi connectivity index (χ1v) is 7.77. The van der Waals surface area contributed by atoms with Gasteiger partial charge in [-0.2, -0.15) is 0 Å². The Hall–Kier alpha value is -1.17. The summed E-state index contributed by atoms with van der Waals surface area (Å²) in [7, 11) is 0. The third-order valence-corrected chi connectivity index (χ3v) is 4.65. The maximum Gasteiger partial charge on any atom is 0.308 e. The van der Waals surface area contributed by atoms with Gasteiger partial charge in [0, 0.05) is 19.5 Å². The van der Waals surface area contributed by atoms with E-state index in [2.05, 4.69) is 28.9 Å². The van der Waals surface area contributed by atoms with E-state index in [9.17, 15) is 9.90 Å². The number of aromatic nitrogens is 2. The summed E-state index contributed by atoms with van der Waals surface area (Å²) in [6.07, 6.45) is 4.00. The Kier molecular flexibility index (Phi) is 4.74. The first-order valence-electron chi connectivity index (χ1n) is 6.95. The molecule has 1 aliphatic rings. The molecule has 0 spiro atoms. The van der Waals surface area contributed by atoms with Gasteiger partial charge >= 0.3 is 5.97 Å². The van der Waals surface area contributed by atoms with E-state index < -0.39 is 5.97 Å². The molecular formula is C13H21N3O2S. The molecule has 0 aromatic carbocycles. The maximum atomic E-state index is 11.3. The van der Waals surface area contributed by atoms with Gasteiger partial charge in [-0.15, -0.1) is 10.2 Å². The quantitative estimate of drug-likeness (QED) is 0.868. The van der Waals surface area contributed by atoms with Crippen LogP contribution in [0, 0.1) is 11.8 Å². The smallest absolute Gasteiger partial charge is 0.308 e. The molecule has 2 rings (SSSR count). The number of nitrogens with zero attached hydrogens (tertiary/aromatic N) is 3. The van der Waals surface area contributed by atoms with Gasteiger partial charge < -0.3 is 10.0 Å². The summed E-state index contributed by atoms with van der Waals surface area (Å²) in [5.41, 5.74) is 0. The summed E-state index contributed by atoms with van der Waals surface area (Å²) >= 11 is 1.60. The molecule has 0 unspecified atom stereocenters. The van der Waals surface area contributed by atoms with Crippen LogP contribution in [0.15, 0.2) is 0 Å². The zero-order valence-corrected chi connectivity index (χ0v) is 12.3. The van der Waals surface area contributed by atoms with E-state index in [1.54, 1.807) is 11.3 Å². The Bertz CT molecular complexity index is 435. The first-order chi connectivity index (χ1) is 9.15. The second-order valence-corrected chi connectivity index (χ2v) is 6.17. The average Bonchev–Trinajstić information content (AvgIpc) is 2.96. The Labute approximate surface area is 117 Å². The topological polar surface area (TPSA) is 66.3 Å². The highest BCUT2D eigenvalue weighted by Crippen LogP contribution is 2.33. The summed E-state index contributed by atoms with van der Waals surface area (Å²) in [5, 5.41) is 19.6. The number of hydrogen-bond donors (Lipinski definition) is 1. The standard InChI is InChI=1S/C13H21N3O2S/c1-3-5-9-7-16(8-10(9)12(17)18)13-15-14-11(19-13)6-4-2/h9-10H,3-8H2,1-2H3,(H,17,18)/t9-,10-/m0/s1. The van der Waals surface area contributed by atoms with Crippen molar-refractivity contribution < 1.29 is 9.90 Å². The Balaban J connectivity index is 2.06. The van der Waals surface area contributed by atoms with Crippen molar-refractivity contribution >= 4 is 22.4 Å². The van der Waals surface area contributed by atoms with Crippen molar-refractivity contribution in [2.24, 2.45) is 11.8 Å². The number of aryl methyl sites for hydroxylation is 1. The summed E-state index contributed by atoms with van der Waals surface area (Å²) < 4.78 is 0. The third kappa shape index (κ3) is 3.23. The lowest BCUT2D eigenvalue weighted by Crippen LogP contribution is -2.23. The molecule has 0 aliphatic carbocycles. The molecule has 5 nitrogen and oxygen atoms in total. The van der Waals surface area contributed by atoms with E-state index >= 15 is 0 Å². The molecule has 1 aromatic heterocycles. The molecule has 6 heteroatoms. The number of anilines is 1.